The second-order valence-electron chi connectivity index (χ2n) is 5.29. The second-order valence-corrected chi connectivity index (χ2v) is 6.28. The van der Waals surface area contributed by atoms with Gasteiger partial charge in [0.25, 0.3) is 0 Å². The summed E-state index contributed by atoms with van der Waals surface area (Å²) in [5, 5.41) is 0. The maximum absolute atomic E-state index is 11.6. The predicted octanol–water partition coefficient (Wildman–Crippen LogP) is 2.29. The molecule has 0 N–H and O–H groups in total. The van der Waals surface area contributed by atoms with Crippen LogP contribution in [0.4, 0.5) is 0 Å². The molecule has 0 bridgehead atoms. The first-order valence-electron chi connectivity index (χ1n) is 7.12. The van der Waals surface area contributed by atoms with Gasteiger partial charge in [0, 0.05) is 20.1 Å². The summed E-state index contributed by atoms with van der Waals surface area (Å²) in [6.45, 7) is 4.97. The molecule has 1 aromatic carbocycles. The molecule has 0 unspecified atom stereocenters. The van der Waals surface area contributed by atoms with Crippen molar-refractivity contribution in [1.82, 2.24) is 9.47 Å². The molecule has 1 saturated heterocycles. The largest absolute Gasteiger partial charge is 0.379 e. The number of aromatic nitrogens is 1. The van der Waals surface area contributed by atoms with Crippen LogP contribution in [0, 0.1) is 0 Å². The minimum atomic E-state index is 0. The number of fused-ring (bicyclic) bond motifs is 1. The van der Waals surface area contributed by atoms with Gasteiger partial charge in [-0.3, -0.25) is 9.69 Å². The molecule has 0 spiro atoms. The number of rotatable bonds is 4. The van der Waals surface area contributed by atoms with Gasteiger partial charge in [0.1, 0.15) is 0 Å². The molecule has 1 aromatic heterocycles. The van der Waals surface area contributed by atoms with Crippen LogP contribution in [0.1, 0.15) is 12.0 Å². The zero-order chi connectivity index (χ0) is 13.9. The van der Waals surface area contributed by atoms with Gasteiger partial charge in [0.15, 0.2) is 0 Å². The van der Waals surface area contributed by atoms with Gasteiger partial charge in [0.2, 0.25) is 0 Å². The van der Waals surface area contributed by atoms with Gasteiger partial charge in [-0.05, 0) is 37.1 Å². The topological polar surface area (TPSA) is 34.5 Å². The van der Waals surface area contributed by atoms with Gasteiger partial charge in [-0.2, -0.15) is 0 Å². The molecule has 2 heterocycles. The van der Waals surface area contributed by atoms with Crippen molar-refractivity contribution in [3.05, 3.63) is 33.4 Å². The summed E-state index contributed by atoms with van der Waals surface area (Å²) < 4.78 is 8.17. The Morgan fingerprint density at radius 2 is 2.05 bits per heavy atom. The Morgan fingerprint density at radius 1 is 1.29 bits per heavy atom. The Hall–Kier alpha value is -0.880. The van der Waals surface area contributed by atoms with Gasteiger partial charge < -0.3 is 9.30 Å². The van der Waals surface area contributed by atoms with Crippen molar-refractivity contribution in [3.63, 3.8) is 0 Å². The van der Waals surface area contributed by atoms with Crippen LogP contribution in [-0.2, 0) is 18.2 Å². The average molecular weight is 329 g/mol. The van der Waals surface area contributed by atoms with E-state index in [1.807, 2.05) is 7.05 Å². The van der Waals surface area contributed by atoms with Crippen molar-refractivity contribution in [1.29, 1.82) is 0 Å². The number of thiazole rings is 1. The maximum atomic E-state index is 11.6. The third kappa shape index (κ3) is 3.86. The van der Waals surface area contributed by atoms with E-state index in [1.54, 1.807) is 4.57 Å². The van der Waals surface area contributed by atoms with Crippen LogP contribution in [-0.4, -0.2) is 42.3 Å². The molecule has 1 aliphatic rings. The Bertz CT molecular complexity index is 647. The average Bonchev–Trinajstić information content (AvgIpc) is 2.75. The molecule has 6 heteroatoms. The summed E-state index contributed by atoms with van der Waals surface area (Å²) in [5.41, 5.74) is 2.37. The van der Waals surface area contributed by atoms with Crippen LogP contribution < -0.4 is 4.87 Å². The van der Waals surface area contributed by atoms with Crippen LogP contribution in [0.2, 0.25) is 0 Å². The zero-order valence-corrected chi connectivity index (χ0v) is 13.8. The number of halogens is 1. The summed E-state index contributed by atoms with van der Waals surface area (Å²) in [5.74, 6) is 0. The molecule has 0 saturated carbocycles. The molecular formula is C15H21ClN2O2S. The molecule has 0 aliphatic carbocycles. The SMILES string of the molecule is Cl.Cn1c(=O)sc2cc(CCCN3CCOCC3)ccc21. The van der Waals surface area contributed by atoms with E-state index in [4.69, 9.17) is 4.74 Å². The minimum absolute atomic E-state index is 0. The molecule has 3 rings (SSSR count). The van der Waals surface area contributed by atoms with Gasteiger partial charge in [-0.1, -0.05) is 17.4 Å². The maximum Gasteiger partial charge on any atom is 0.307 e. The number of hydrogen-bond donors (Lipinski definition) is 0. The number of nitrogens with zero attached hydrogens (tertiary/aromatic N) is 2. The van der Waals surface area contributed by atoms with Gasteiger partial charge in [-0.25, -0.2) is 0 Å². The number of hydrogen-bond acceptors (Lipinski definition) is 4. The summed E-state index contributed by atoms with van der Waals surface area (Å²) in [6.07, 6.45) is 2.23. The first-order chi connectivity index (χ1) is 9.74. The molecule has 21 heavy (non-hydrogen) atoms. The number of ether oxygens (including phenoxy) is 1. The highest BCUT2D eigenvalue weighted by molar-refractivity contribution is 7.16. The fourth-order valence-electron chi connectivity index (χ4n) is 2.67. The minimum Gasteiger partial charge on any atom is -0.379 e. The van der Waals surface area contributed by atoms with E-state index in [0.29, 0.717) is 0 Å². The Balaban J connectivity index is 0.00000161. The second kappa shape index (κ2) is 7.40. The first-order valence-corrected chi connectivity index (χ1v) is 7.94. The van der Waals surface area contributed by atoms with Crippen LogP contribution in [0.25, 0.3) is 10.2 Å². The molecular weight excluding hydrogens is 308 g/mol. The zero-order valence-electron chi connectivity index (χ0n) is 12.2. The molecule has 1 aliphatic heterocycles. The van der Waals surface area contributed by atoms with Crippen molar-refractivity contribution in [2.45, 2.75) is 12.8 Å². The molecule has 2 aromatic rings. The number of morpholine rings is 1. The highest BCUT2D eigenvalue weighted by Crippen LogP contribution is 2.19. The van der Waals surface area contributed by atoms with Crippen LogP contribution >= 0.6 is 23.7 Å². The quantitative estimate of drug-likeness (QED) is 0.863. The number of aryl methyl sites for hydroxylation is 2. The highest BCUT2D eigenvalue weighted by atomic mass is 35.5. The molecule has 116 valence electrons. The lowest BCUT2D eigenvalue weighted by atomic mass is 10.1. The fourth-order valence-corrected chi connectivity index (χ4v) is 3.61. The Morgan fingerprint density at radius 3 is 2.81 bits per heavy atom. The van der Waals surface area contributed by atoms with Crippen LogP contribution in [0.3, 0.4) is 0 Å². The third-order valence-electron chi connectivity index (χ3n) is 3.90. The highest BCUT2D eigenvalue weighted by Gasteiger charge is 2.10. The van der Waals surface area contributed by atoms with E-state index < -0.39 is 0 Å². The van der Waals surface area contributed by atoms with Gasteiger partial charge in [-0.15, -0.1) is 12.4 Å². The van der Waals surface area contributed by atoms with E-state index >= 15 is 0 Å². The lowest BCUT2D eigenvalue weighted by Gasteiger charge is -2.26. The van der Waals surface area contributed by atoms with Gasteiger partial charge in [0.05, 0.1) is 23.4 Å². The lowest BCUT2D eigenvalue weighted by molar-refractivity contribution is 0.0375. The van der Waals surface area contributed by atoms with Crippen molar-refractivity contribution in [2.24, 2.45) is 7.05 Å². The predicted molar refractivity (Wildman–Crippen MR) is 89.9 cm³/mol. The summed E-state index contributed by atoms with van der Waals surface area (Å²) in [6, 6.07) is 6.38. The molecule has 0 amide bonds. The van der Waals surface area contributed by atoms with Crippen molar-refractivity contribution in [3.8, 4) is 0 Å². The first kappa shape index (κ1) is 16.5. The van der Waals surface area contributed by atoms with Crippen molar-refractivity contribution in [2.75, 3.05) is 32.8 Å². The monoisotopic (exact) mass is 328 g/mol. The summed E-state index contributed by atoms with van der Waals surface area (Å²) >= 11 is 1.33. The van der Waals surface area contributed by atoms with E-state index in [-0.39, 0.29) is 17.3 Å². The van der Waals surface area contributed by atoms with E-state index in [0.717, 1.165) is 55.9 Å². The standard InChI is InChI=1S/C15H20N2O2S.ClH/c1-16-13-5-4-12(11-14(13)20-15(16)18)3-2-6-17-7-9-19-10-8-17;/h4-5,11H,2-3,6-10H2,1H3;1H. The van der Waals surface area contributed by atoms with Crippen molar-refractivity contribution >= 4 is 34.0 Å². The van der Waals surface area contributed by atoms with E-state index in [1.165, 1.54) is 16.9 Å². The van der Waals surface area contributed by atoms with Crippen molar-refractivity contribution < 1.29 is 4.74 Å². The van der Waals surface area contributed by atoms with Crippen LogP contribution in [0.15, 0.2) is 23.0 Å². The lowest BCUT2D eigenvalue weighted by Crippen LogP contribution is -2.36. The Kier molecular flexibility index (Phi) is 5.81. The van der Waals surface area contributed by atoms with Crippen LogP contribution in [0.5, 0.6) is 0 Å². The Labute approximate surface area is 134 Å². The molecule has 1 fully saturated rings. The smallest absolute Gasteiger partial charge is 0.307 e. The van der Waals surface area contributed by atoms with E-state index in [9.17, 15) is 4.79 Å². The third-order valence-corrected chi connectivity index (χ3v) is 4.90. The van der Waals surface area contributed by atoms with Gasteiger partial charge >= 0.3 is 4.87 Å². The summed E-state index contributed by atoms with van der Waals surface area (Å²) in [4.78, 5) is 14.2. The fraction of sp³-hybridized carbons (Fsp3) is 0.533. The number of benzene rings is 1. The summed E-state index contributed by atoms with van der Waals surface area (Å²) in [7, 11) is 1.83. The molecule has 4 nitrogen and oxygen atoms in total. The van der Waals surface area contributed by atoms with E-state index in [2.05, 4.69) is 23.1 Å². The molecule has 0 radical (unpaired) electrons. The normalized spacial score (nSPS) is 16.0. The molecule has 0 atom stereocenters.